The second kappa shape index (κ2) is 5.49. The normalized spacial score (nSPS) is 12.2. The molecule has 0 saturated carbocycles. The number of anilines is 1. The van der Waals surface area contributed by atoms with Crippen molar-refractivity contribution in [3.63, 3.8) is 0 Å². The molecule has 5 nitrogen and oxygen atoms in total. The molecule has 0 bridgehead atoms. The average molecular weight is 338 g/mol. The molecule has 112 valence electrons. The molecule has 0 unspecified atom stereocenters. The van der Waals surface area contributed by atoms with Crippen LogP contribution in [0.25, 0.3) is 0 Å². The van der Waals surface area contributed by atoms with Crippen LogP contribution in [-0.4, -0.2) is 18.4 Å². The number of hydrogen-bond acceptors (Lipinski definition) is 4. The van der Waals surface area contributed by atoms with Gasteiger partial charge in [-0.15, -0.1) is 0 Å². The van der Waals surface area contributed by atoms with Crippen LogP contribution in [0, 0.1) is 0 Å². The molecule has 0 spiro atoms. The van der Waals surface area contributed by atoms with Crippen molar-refractivity contribution in [3.05, 3.63) is 47.5 Å². The molecule has 0 aliphatic rings. The second-order valence-electron chi connectivity index (χ2n) is 3.84. The number of alkyl halides is 3. The van der Waals surface area contributed by atoms with Gasteiger partial charge in [0.05, 0.1) is 16.9 Å². The third kappa shape index (κ3) is 3.61. The summed E-state index contributed by atoms with van der Waals surface area (Å²) < 4.78 is 63.2. The van der Waals surface area contributed by atoms with Crippen molar-refractivity contribution in [3.8, 4) is 0 Å². The van der Waals surface area contributed by atoms with Crippen molar-refractivity contribution < 1.29 is 21.6 Å². The zero-order chi connectivity index (χ0) is 15.7. The Bertz CT molecular complexity index is 748. The zero-order valence-electron chi connectivity index (χ0n) is 10.1. The van der Waals surface area contributed by atoms with E-state index in [1.807, 2.05) is 0 Å². The molecule has 1 N–H and O–H groups in total. The summed E-state index contributed by atoms with van der Waals surface area (Å²) in [6.45, 7) is 0. The number of pyridine rings is 2. The van der Waals surface area contributed by atoms with E-state index in [0.29, 0.717) is 6.07 Å². The lowest BCUT2D eigenvalue weighted by Gasteiger charge is -2.10. The molecular formula is C11H7ClF3N3O2S. The van der Waals surface area contributed by atoms with Gasteiger partial charge in [-0.25, -0.2) is 13.4 Å². The Morgan fingerprint density at radius 2 is 1.86 bits per heavy atom. The van der Waals surface area contributed by atoms with Gasteiger partial charge in [-0.2, -0.15) is 13.2 Å². The Labute approximate surface area is 122 Å². The molecule has 10 heteroatoms. The summed E-state index contributed by atoms with van der Waals surface area (Å²) >= 11 is 5.74. The molecule has 0 atom stereocenters. The molecule has 21 heavy (non-hydrogen) atoms. The molecule has 2 rings (SSSR count). The molecule has 2 aromatic heterocycles. The Kier molecular flexibility index (Phi) is 4.06. The van der Waals surface area contributed by atoms with Gasteiger partial charge < -0.3 is 0 Å². The Hall–Kier alpha value is -1.87. The summed E-state index contributed by atoms with van der Waals surface area (Å²) in [5, 5.41) is -0.0580. The highest BCUT2D eigenvalue weighted by atomic mass is 35.5. The van der Waals surface area contributed by atoms with Crippen molar-refractivity contribution in [1.82, 2.24) is 9.97 Å². The van der Waals surface area contributed by atoms with E-state index in [1.165, 1.54) is 12.3 Å². The monoisotopic (exact) mass is 337 g/mol. The van der Waals surface area contributed by atoms with Crippen molar-refractivity contribution in [1.29, 1.82) is 0 Å². The molecule has 0 aliphatic carbocycles. The van der Waals surface area contributed by atoms with Gasteiger partial charge in [0.2, 0.25) is 0 Å². The molecular weight excluding hydrogens is 331 g/mol. The van der Waals surface area contributed by atoms with E-state index in [0.717, 1.165) is 18.5 Å². The van der Waals surface area contributed by atoms with Gasteiger partial charge in [0.1, 0.15) is 10.6 Å². The van der Waals surface area contributed by atoms with Crippen LogP contribution in [0.1, 0.15) is 5.69 Å². The fourth-order valence-corrected chi connectivity index (χ4v) is 2.87. The van der Waals surface area contributed by atoms with Crippen molar-refractivity contribution in [2.45, 2.75) is 11.1 Å². The van der Waals surface area contributed by atoms with E-state index in [-0.39, 0.29) is 15.6 Å². The van der Waals surface area contributed by atoms with Crippen LogP contribution in [0.3, 0.4) is 0 Å². The lowest BCUT2D eigenvalue weighted by Crippen LogP contribution is -2.14. The number of aromatic nitrogens is 2. The molecule has 0 amide bonds. The summed E-state index contributed by atoms with van der Waals surface area (Å²) in [5.74, 6) is 0. The molecule has 0 radical (unpaired) electrons. The molecule has 0 saturated heterocycles. The minimum absolute atomic E-state index is 0.0580. The predicted molar refractivity (Wildman–Crippen MR) is 69.3 cm³/mol. The van der Waals surface area contributed by atoms with Crippen LogP contribution in [0.2, 0.25) is 5.02 Å². The predicted octanol–water partition coefficient (Wildman–Crippen LogP) is 2.95. The number of nitrogens with one attached hydrogen (secondary N) is 1. The van der Waals surface area contributed by atoms with Crippen LogP contribution < -0.4 is 4.72 Å². The van der Waals surface area contributed by atoms with Crippen LogP contribution in [0.15, 0.2) is 41.7 Å². The first kappa shape index (κ1) is 15.5. The first-order valence-corrected chi connectivity index (χ1v) is 7.22. The van der Waals surface area contributed by atoms with Gasteiger partial charge in [-0.3, -0.25) is 9.71 Å². The van der Waals surface area contributed by atoms with E-state index >= 15 is 0 Å². The van der Waals surface area contributed by atoms with E-state index < -0.39 is 21.9 Å². The fourth-order valence-electron chi connectivity index (χ4n) is 1.39. The molecule has 0 aromatic carbocycles. The highest BCUT2D eigenvalue weighted by molar-refractivity contribution is 7.92. The van der Waals surface area contributed by atoms with Gasteiger partial charge in [-0.1, -0.05) is 11.6 Å². The topological polar surface area (TPSA) is 72.0 Å². The zero-order valence-corrected chi connectivity index (χ0v) is 11.7. The second-order valence-corrected chi connectivity index (χ2v) is 5.90. The maximum atomic E-state index is 12.3. The molecule has 2 heterocycles. The number of hydrogen-bond donors (Lipinski definition) is 1. The number of sulfonamides is 1. The fraction of sp³-hybridized carbons (Fsp3) is 0.0909. The summed E-state index contributed by atoms with van der Waals surface area (Å²) in [6, 6.07) is 2.90. The highest BCUT2D eigenvalue weighted by Crippen LogP contribution is 2.28. The first-order chi connectivity index (χ1) is 9.70. The number of rotatable bonds is 3. The van der Waals surface area contributed by atoms with E-state index in [9.17, 15) is 21.6 Å². The molecule has 0 fully saturated rings. The maximum absolute atomic E-state index is 12.3. The van der Waals surface area contributed by atoms with Crippen LogP contribution in [0.4, 0.5) is 18.9 Å². The Morgan fingerprint density at radius 1 is 1.14 bits per heavy atom. The highest BCUT2D eigenvalue weighted by Gasteiger charge is 2.32. The van der Waals surface area contributed by atoms with Crippen molar-refractivity contribution in [2.75, 3.05) is 4.72 Å². The van der Waals surface area contributed by atoms with E-state index in [1.54, 1.807) is 0 Å². The minimum Gasteiger partial charge on any atom is -0.278 e. The lowest BCUT2D eigenvalue weighted by atomic mass is 10.3. The number of halogens is 4. The number of nitrogens with zero attached hydrogens (tertiary/aromatic N) is 2. The smallest absolute Gasteiger partial charge is 0.278 e. The quantitative estimate of drug-likeness (QED) is 0.934. The Morgan fingerprint density at radius 3 is 2.38 bits per heavy atom. The summed E-state index contributed by atoms with van der Waals surface area (Å²) in [6.07, 6.45) is -1.49. The minimum atomic E-state index is -4.59. The maximum Gasteiger partial charge on any atom is 0.433 e. The van der Waals surface area contributed by atoms with E-state index in [4.69, 9.17) is 11.6 Å². The standard InChI is InChI=1S/C11H7ClF3N3O2S/c12-8-3-4-16-6-9(8)21(19,20)18-7-1-2-10(17-5-7)11(13,14)15/h1-6,18H. The SMILES string of the molecule is O=S(=O)(Nc1ccc(C(F)(F)F)nc1)c1cnccc1Cl. The third-order valence-corrected chi connectivity index (χ3v) is 4.18. The van der Waals surface area contributed by atoms with Gasteiger partial charge in [0, 0.05) is 12.4 Å². The van der Waals surface area contributed by atoms with Crippen LogP contribution in [-0.2, 0) is 16.2 Å². The average Bonchev–Trinajstić information content (AvgIpc) is 2.38. The molecule has 0 aliphatic heterocycles. The summed E-state index contributed by atoms with van der Waals surface area (Å²) in [5.41, 5.74) is -1.24. The Balaban J connectivity index is 2.28. The van der Waals surface area contributed by atoms with Gasteiger partial charge in [0.15, 0.2) is 0 Å². The third-order valence-electron chi connectivity index (χ3n) is 2.33. The first-order valence-electron chi connectivity index (χ1n) is 5.36. The molecule has 2 aromatic rings. The van der Waals surface area contributed by atoms with Crippen molar-refractivity contribution in [2.24, 2.45) is 0 Å². The lowest BCUT2D eigenvalue weighted by molar-refractivity contribution is -0.141. The van der Waals surface area contributed by atoms with Crippen LogP contribution in [0.5, 0.6) is 0 Å². The van der Waals surface area contributed by atoms with Crippen molar-refractivity contribution >= 4 is 27.3 Å². The van der Waals surface area contributed by atoms with E-state index in [2.05, 4.69) is 14.7 Å². The summed E-state index contributed by atoms with van der Waals surface area (Å²) in [7, 11) is -4.06. The largest absolute Gasteiger partial charge is 0.433 e. The van der Waals surface area contributed by atoms with Crippen LogP contribution >= 0.6 is 11.6 Å². The van der Waals surface area contributed by atoms with Gasteiger partial charge in [-0.05, 0) is 18.2 Å². The summed E-state index contributed by atoms with van der Waals surface area (Å²) in [4.78, 5) is 6.50. The van der Waals surface area contributed by atoms with Gasteiger partial charge in [0.25, 0.3) is 10.0 Å². The van der Waals surface area contributed by atoms with Gasteiger partial charge >= 0.3 is 6.18 Å².